The molecule has 0 aliphatic rings. The summed E-state index contributed by atoms with van der Waals surface area (Å²) in [6, 6.07) is 13.4. The smallest absolute Gasteiger partial charge is 0.335 e. The highest BCUT2D eigenvalue weighted by Crippen LogP contribution is 2.36. The van der Waals surface area contributed by atoms with Gasteiger partial charge in [-0.3, -0.25) is 0 Å². The highest BCUT2D eigenvalue weighted by molar-refractivity contribution is 6.35. The summed E-state index contributed by atoms with van der Waals surface area (Å²) in [5.74, 6) is -0.723. The molecule has 0 saturated carbocycles. The van der Waals surface area contributed by atoms with Gasteiger partial charge in [-0.25, -0.2) is 9.18 Å². The lowest BCUT2D eigenvalue weighted by molar-refractivity contribution is 0.0697. The number of hydrogen-bond acceptors (Lipinski definition) is 2. The lowest BCUT2D eigenvalue weighted by Crippen LogP contribution is -1.94. The SMILES string of the molecule is CCCc1c(F)cc(Cl)c2oc(-c3ccc(-c4ccc(C(=O)O)cc4)[nH]3)cc12. The van der Waals surface area contributed by atoms with Gasteiger partial charge in [0.25, 0.3) is 0 Å². The number of halogens is 2. The first-order valence-corrected chi connectivity index (χ1v) is 9.29. The number of aromatic amines is 1. The molecule has 0 radical (unpaired) electrons. The Bertz CT molecular complexity index is 1170. The van der Waals surface area contributed by atoms with Crippen molar-refractivity contribution >= 4 is 28.5 Å². The van der Waals surface area contributed by atoms with Crippen LogP contribution in [0.5, 0.6) is 0 Å². The molecule has 142 valence electrons. The molecule has 0 amide bonds. The molecule has 0 saturated heterocycles. The molecular formula is C22H17ClFNO3. The number of furan rings is 1. The minimum atomic E-state index is -0.965. The molecule has 28 heavy (non-hydrogen) atoms. The fourth-order valence-electron chi connectivity index (χ4n) is 3.32. The zero-order valence-corrected chi connectivity index (χ0v) is 15.8. The van der Waals surface area contributed by atoms with Crippen LogP contribution in [0.25, 0.3) is 33.7 Å². The normalized spacial score (nSPS) is 11.2. The molecule has 0 bridgehead atoms. The number of hydrogen-bond donors (Lipinski definition) is 2. The summed E-state index contributed by atoms with van der Waals surface area (Å²) in [5.41, 5.74) is 3.71. The molecule has 0 spiro atoms. The predicted octanol–water partition coefficient (Wildman–Crippen LogP) is 6.54. The van der Waals surface area contributed by atoms with Crippen molar-refractivity contribution in [2.24, 2.45) is 0 Å². The fourth-order valence-corrected chi connectivity index (χ4v) is 3.56. The van der Waals surface area contributed by atoms with Gasteiger partial charge in [-0.1, -0.05) is 37.1 Å². The van der Waals surface area contributed by atoms with E-state index >= 15 is 0 Å². The second-order valence-electron chi connectivity index (χ2n) is 6.59. The van der Waals surface area contributed by atoms with Gasteiger partial charge in [-0.2, -0.15) is 0 Å². The third-order valence-corrected chi connectivity index (χ3v) is 4.99. The number of carboxylic acid groups (broad SMARTS) is 1. The van der Waals surface area contributed by atoms with Gasteiger partial charge >= 0.3 is 5.97 Å². The van der Waals surface area contributed by atoms with Crippen LogP contribution in [0.3, 0.4) is 0 Å². The van der Waals surface area contributed by atoms with Crippen molar-refractivity contribution in [1.29, 1.82) is 0 Å². The van der Waals surface area contributed by atoms with Gasteiger partial charge in [-0.05, 0) is 53.9 Å². The molecule has 0 atom stereocenters. The first-order chi connectivity index (χ1) is 13.5. The molecule has 2 heterocycles. The highest BCUT2D eigenvalue weighted by atomic mass is 35.5. The summed E-state index contributed by atoms with van der Waals surface area (Å²) in [4.78, 5) is 14.3. The maximum atomic E-state index is 14.3. The van der Waals surface area contributed by atoms with E-state index in [2.05, 4.69) is 4.98 Å². The molecule has 2 aromatic heterocycles. The molecule has 0 fully saturated rings. The fraction of sp³-hybridized carbons (Fsp3) is 0.136. The second-order valence-corrected chi connectivity index (χ2v) is 7.00. The van der Waals surface area contributed by atoms with Crippen LogP contribution in [0.2, 0.25) is 5.02 Å². The quantitative estimate of drug-likeness (QED) is 0.402. The second kappa shape index (κ2) is 7.17. The van der Waals surface area contributed by atoms with E-state index in [4.69, 9.17) is 21.1 Å². The molecule has 6 heteroatoms. The van der Waals surface area contributed by atoms with Crippen molar-refractivity contribution in [1.82, 2.24) is 4.98 Å². The van der Waals surface area contributed by atoms with Crippen LogP contribution in [0.4, 0.5) is 4.39 Å². The minimum absolute atomic E-state index is 0.230. The van der Waals surface area contributed by atoms with E-state index in [-0.39, 0.29) is 16.4 Å². The Balaban J connectivity index is 1.74. The maximum Gasteiger partial charge on any atom is 0.335 e. The molecule has 0 aliphatic carbocycles. The van der Waals surface area contributed by atoms with Gasteiger partial charge in [0, 0.05) is 11.1 Å². The number of aromatic carboxylic acids is 1. The third-order valence-electron chi connectivity index (χ3n) is 4.71. The molecule has 0 aliphatic heterocycles. The van der Waals surface area contributed by atoms with Gasteiger partial charge in [-0.15, -0.1) is 0 Å². The van der Waals surface area contributed by atoms with Crippen LogP contribution in [-0.2, 0) is 6.42 Å². The number of benzene rings is 2. The summed E-state index contributed by atoms with van der Waals surface area (Å²) < 4.78 is 20.2. The minimum Gasteiger partial charge on any atom is -0.478 e. The molecule has 4 aromatic rings. The Kier molecular flexibility index (Phi) is 4.69. The largest absolute Gasteiger partial charge is 0.478 e. The zero-order valence-electron chi connectivity index (χ0n) is 15.1. The Hall–Kier alpha value is -3.05. The van der Waals surface area contributed by atoms with Gasteiger partial charge in [0.05, 0.1) is 16.3 Å². The van der Waals surface area contributed by atoms with E-state index in [1.807, 2.05) is 19.1 Å². The van der Waals surface area contributed by atoms with Crippen LogP contribution in [-0.4, -0.2) is 16.1 Å². The maximum absolute atomic E-state index is 14.3. The van der Waals surface area contributed by atoms with Crippen molar-refractivity contribution in [3.05, 3.63) is 70.5 Å². The van der Waals surface area contributed by atoms with Crippen molar-refractivity contribution in [2.75, 3.05) is 0 Å². The van der Waals surface area contributed by atoms with Crippen molar-refractivity contribution in [3.63, 3.8) is 0 Å². The van der Waals surface area contributed by atoms with Crippen LogP contribution < -0.4 is 0 Å². The number of rotatable bonds is 5. The van der Waals surface area contributed by atoms with E-state index in [1.54, 1.807) is 30.3 Å². The average molecular weight is 398 g/mol. The number of nitrogens with one attached hydrogen (secondary N) is 1. The third kappa shape index (κ3) is 3.18. The van der Waals surface area contributed by atoms with Gasteiger partial charge in [0.2, 0.25) is 0 Å². The van der Waals surface area contributed by atoms with Gasteiger partial charge in [0.15, 0.2) is 11.3 Å². The van der Waals surface area contributed by atoms with Crippen LogP contribution in [0.15, 0.2) is 52.9 Å². The van der Waals surface area contributed by atoms with Crippen LogP contribution >= 0.6 is 11.6 Å². The number of carboxylic acids is 1. The topological polar surface area (TPSA) is 66.2 Å². The standard InChI is InChI=1S/C22H17ClFNO3/c1-2-3-14-15-10-20(28-21(15)16(23)11-17(14)24)19-9-8-18(25-19)12-4-6-13(7-5-12)22(26)27/h4-11,25H,2-3H2,1H3,(H,26,27). The zero-order chi connectivity index (χ0) is 19.8. The summed E-state index contributed by atoms with van der Waals surface area (Å²) in [6.07, 6.45) is 1.41. The number of aromatic nitrogens is 1. The van der Waals surface area contributed by atoms with E-state index in [0.717, 1.165) is 23.4 Å². The highest BCUT2D eigenvalue weighted by Gasteiger charge is 2.17. The van der Waals surface area contributed by atoms with E-state index in [1.165, 1.54) is 6.07 Å². The Morgan fingerprint density at radius 1 is 1.14 bits per heavy atom. The summed E-state index contributed by atoms with van der Waals surface area (Å²) >= 11 is 6.18. The average Bonchev–Trinajstić information content (AvgIpc) is 3.32. The predicted molar refractivity (Wildman–Crippen MR) is 107 cm³/mol. The lowest BCUT2D eigenvalue weighted by atomic mass is 10.0. The first-order valence-electron chi connectivity index (χ1n) is 8.91. The van der Waals surface area contributed by atoms with Crippen molar-refractivity contribution in [2.45, 2.75) is 19.8 Å². The molecule has 4 rings (SSSR count). The summed E-state index contributed by atoms with van der Waals surface area (Å²) in [5, 5.41) is 9.94. The molecule has 2 aromatic carbocycles. The number of fused-ring (bicyclic) bond motifs is 1. The first kappa shape index (κ1) is 18.3. The number of aryl methyl sites for hydroxylation is 1. The number of H-pyrrole nitrogens is 1. The van der Waals surface area contributed by atoms with Gasteiger partial charge in [0.1, 0.15) is 5.82 Å². The molecule has 0 unspecified atom stereocenters. The van der Waals surface area contributed by atoms with E-state index in [0.29, 0.717) is 28.7 Å². The van der Waals surface area contributed by atoms with Crippen LogP contribution in [0, 0.1) is 5.82 Å². The van der Waals surface area contributed by atoms with Crippen molar-refractivity contribution in [3.8, 4) is 22.7 Å². The Morgan fingerprint density at radius 2 is 1.86 bits per heavy atom. The van der Waals surface area contributed by atoms with Crippen molar-refractivity contribution < 1.29 is 18.7 Å². The molecular weight excluding hydrogens is 381 g/mol. The number of carbonyl (C=O) groups is 1. The summed E-state index contributed by atoms with van der Waals surface area (Å²) in [6.45, 7) is 1.99. The summed E-state index contributed by atoms with van der Waals surface area (Å²) in [7, 11) is 0. The molecule has 2 N–H and O–H groups in total. The van der Waals surface area contributed by atoms with E-state index < -0.39 is 5.97 Å². The van der Waals surface area contributed by atoms with Gasteiger partial charge < -0.3 is 14.5 Å². The lowest BCUT2D eigenvalue weighted by Gasteiger charge is -2.03. The Labute approximate surface area is 165 Å². The monoisotopic (exact) mass is 397 g/mol. The van der Waals surface area contributed by atoms with Crippen LogP contribution in [0.1, 0.15) is 29.3 Å². The Morgan fingerprint density at radius 3 is 2.54 bits per heavy atom. The molecule has 4 nitrogen and oxygen atoms in total. The van der Waals surface area contributed by atoms with E-state index in [9.17, 15) is 9.18 Å².